The quantitative estimate of drug-likeness (QED) is 0.808. The van der Waals surface area contributed by atoms with Crippen LogP contribution in [0.2, 0.25) is 10.0 Å². The highest BCUT2D eigenvalue weighted by Gasteiger charge is 2.13. The van der Waals surface area contributed by atoms with Gasteiger partial charge in [0.1, 0.15) is 0 Å². The van der Waals surface area contributed by atoms with Gasteiger partial charge in [0.05, 0.1) is 16.4 Å². The molecular weight excluding hydrogens is 309 g/mol. The van der Waals surface area contributed by atoms with Crippen molar-refractivity contribution in [2.75, 3.05) is 30.7 Å². The van der Waals surface area contributed by atoms with E-state index in [1.807, 2.05) is 0 Å². The molecule has 0 aromatic heterocycles. The molecule has 1 aromatic carbocycles. The van der Waals surface area contributed by atoms with Gasteiger partial charge >= 0.3 is 0 Å². The summed E-state index contributed by atoms with van der Waals surface area (Å²) in [5.74, 6) is -0.0667. The van der Waals surface area contributed by atoms with E-state index in [9.17, 15) is 4.79 Å². The van der Waals surface area contributed by atoms with E-state index in [4.69, 9.17) is 28.9 Å². The zero-order valence-corrected chi connectivity index (χ0v) is 13.5. The number of nitrogen functional groups attached to an aromatic ring is 1. The molecule has 21 heavy (non-hydrogen) atoms. The Morgan fingerprint density at radius 1 is 1.24 bits per heavy atom. The molecule has 0 aliphatic carbocycles. The molecule has 3 N–H and O–H groups in total. The first kappa shape index (κ1) is 16.4. The smallest absolute Gasteiger partial charge is 0.224 e. The maximum atomic E-state index is 12.0. The highest BCUT2D eigenvalue weighted by Crippen LogP contribution is 2.32. The number of carbonyl (C=O) groups is 1. The van der Waals surface area contributed by atoms with Crippen LogP contribution in [-0.4, -0.2) is 30.4 Å². The monoisotopic (exact) mass is 329 g/mol. The Morgan fingerprint density at radius 3 is 2.62 bits per heavy atom. The van der Waals surface area contributed by atoms with Gasteiger partial charge < -0.3 is 16.0 Å². The molecule has 1 aromatic rings. The molecule has 4 nitrogen and oxygen atoms in total. The number of nitrogens with zero attached hydrogens (tertiary/aromatic N) is 1. The number of likely N-dealkylation sites (tertiary alicyclic amines) is 1. The van der Waals surface area contributed by atoms with Gasteiger partial charge in [0.15, 0.2) is 0 Å². The van der Waals surface area contributed by atoms with Crippen molar-refractivity contribution in [3.8, 4) is 0 Å². The summed E-state index contributed by atoms with van der Waals surface area (Å²) >= 11 is 11.9. The molecule has 2 rings (SSSR count). The predicted molar refractivity (Wildman–Crippen MR) is 89.0 cm³/mol. The second kappa shape index (κ2) is 7.87. The fourth-order valence-electron chi connectivity index (χ4n) is 2.57. The minimum atomic E-state index is -0.0667. The molecule has 1 amide bonds. The van der Waals surface area contributed by atoms with Crippen molar-refractivity contribution < 1.29 is 4.79 Å². The van der Waals surface area contributed by atoms with E-state index in [1.165, 1.54) is 19.3 Å². The summed E-state index contributed by atoms with van der Waals surface area (Å²) in [6.07, 6.45) is 5.17. The van der Waals surface area contributed by atoms with Gasteiger partial charge in [0, 0.05) is 11.4 Å². The first-order valence-corrected chi connectivity index (χ1v) is 8.08. The number of nitrogens with two attached hydrogens (primary N) is 1. The van der Waals surface area contributed by atoms with E-state index in [0.29, 0.717) is 27.8 Å². The van der Waals surface area contributed by atoms with Gasteiger partial charge in [-0.15, -0.1) is 0 Å². The maximum Gasteiger partial charge on any atom is 0.224 e. The van der Waals surface area contributed by atoms with Gasteiger partial charge in [-0.05, 0) is 51.0 Å². The van der Waals surface area contributed by atoms with E-state index in [0.717, 1.165) is 26.1 Å². The van der Waals surface area contributed by atoms with Crippen molar-refractivity contribution in [3.63, 3.8) is 0 Å². The lowest BCUT2D eigenvalue weighted by atomic mass is 10.1. The second-order valence-corrected chi connectivity index (χ2v) is 6.25. The molecule has 116 valence electrons. The average molecular weight is 330 g/mol. The van der Waals surface area contributed by atoms with Crippen LogP contribution in [0.25, 0.3) is 0 Å². The van der Waals surface area contributed by atoms with Crippen LogP contribution in [0.15, 0.2) is 12.1 Å². The van der Waals surface area contributed by atoms with Crippen LogP contribution in [0.5, 0.6) is 0 Å². The molecule has 1 aliphatic heterocycles. The fourth-order valence-corrected chi connectivity index (χ4v) is 3.13. The summed E-state index contributed by atoms with van der Waals surface area (Å²) in [4.78, 5) is 14.4. The van der Waals surface area contributed by atoms with Crippen LogP contribution in [0.1, 0.15) is 32.1 Å². The van der Waals surface area contributed by atoms with E-state index in [1.54, 1.807) is 12.1 Å². The number of halogens is 2. The van der Waals surface area contributed by atoms with Crippen LogP contribution in [-0.2, 0) is 4.79 Å². The first-order valence-electron chi connectivity index (χ1n) is 7.33. The zero-order chi connectivity index (χ0) is 15.2. The molecule has 0 saturated carbocycles. The third kappa shape index (κ3) is 5.06. The first-order chi connectivity index (χ1) is 10.1. The number of anilines is 2. The molecule has 0 bridgehead atoms. The third-order valence-electron chi connectivity index (χ3n) is 3.68. The lowest BCUT2D eigenvalue weighted by Crippen LogP contribution is -2.31. The number of hydrogen-bond donors (Lipinski definition) is 2. The molecular formula is C15H21Cl2N3O. The number of hydrogen-bond acceptors (Lipinski definition) is 3. The molecule has 0 unspecified atom stereocenters. The molecule has 0 radical (unpaired) electrons. The van der Waals surface area contributed by atoms with Crippen LogP contribution in [0.4, 0.5) is 11.4 Å². The summed E-state index contributed by atoms with van der Waals surface area (Å²) in [5, 5.41) is 3.59. The van der Waals surface area contributed by atoms with E-state index in [-0.39, 0.29) is 5.91 Å². The molecule has 1 aliphatic rings. The Hall–Kier alpha value is -0.970. The Bertz CT molecular complexity index is 479. The van der Waals surface area contributed by atoms with Crippen molar-refractivity contribution in [1.29, 1.82) is 0 Å². The molecule has 0 atom stereocenters. The SMILES string of the molecule is Nc1cc(Cl)cc(Cl)c1NC(=O)CCCN1CCCCC1. The van der Waals surface area contributed by atoms with Crippen LogP contribution < -0.4 is 11.1 Å². The topological polar surface area (TPSA) is 58.4 Å². The number of piperidine rings is 1. The minimum Gasteiger partial charge on any atom is -0.397 e. The second-order valence-electron chi connectivity index (χ2n) is 5.41. The van der Waals surface area contributed by atoms with Crippen molar-refractivity contribution in [2.24, 2.45) is 0 Å². The summed E-state index contributed by atoms with van der Waals surface area (Å²) in [6, 6.07) is 3.15. The average Bonchev–Trinajstić information content (AvgIpc) is 2.44. The maximum absolute atomic E-state index is 12.0. The number of benzene rings is 1. The van der Waals surface area contributed by atoms with E-state index >= 15 is 0 Å². The summed E-state index contributed by atoms with van der Waals surface area (Å²) in [5.41, 5.74) is 6.66. The predicted octanol–water partition coefficient (Wildman–Crippen LogP) is 3.78. The van der Waals surface area contributed by atoms with Crippen molar-refractivity contribution in [2.45, 2.75) is 32.1 Å². The molecule has 1 heterocycles. The van der Waals surface area contributed by atoms with Gasteiger partial charge in [-0.3, -0.25) is 4.79 Å². The molecule has 0 spiro atoms. The van der Waals surface area contributed by atoms with Gasteiger partial charge in [-0.25, -0.2) is 0 Å². The third-order valence-corrected chi connectivity index (χ3v) is 4.19. The van der Waals surface area contributed by atoms with Crippen molar-refractivity contribution in [3.05, 3.63) is 22.2 Å². The lowest BCUT2D eigenvalue weighted by Gasteiger charge is -2.26. The number of nitrogens with one attached hydrogen (secondary N) is 1. The highest BCUT2D eigenvalue weighted by atomic mass is 35.5. The highest BCUT2D eigenvalue weighted by molar-refractivity contribution is 6.37. The number of rotatable bonds is 5. The van der Waals surface area contributed by atoms with Gasteiger partial charge in [-0.2, -0.15) is 0 Å². The van der Waals surface area contributed by atoms with E-state index < -0.39 is 0 Å². The normalized spacial score (nSPS) is 15.9. The Kier molecular flexibility index (Phi) is 6.15. The molecule has 6 heteroatoms. The number of carbonyl (C=O) groups excluding carboxylic acids is 1. The van der Waals surface area contributed by atoms with E-state index in [2.05, 4.69) is 10.2 Å². The zero-order valence-electron chi connectivity index (χ0n) is 12.0. The fraction of sp³-hybridized carbons (Fsp3) is 0.533. The van der Waals surface area contributed by atoms with Crippen molar-refractivity contribution >= 4 is 40.5 Å². The summed E-state index contributed by atoms with van der Waals surface area (Å²) in [6.45, 7) is 3.27. The lowest BCUT2D eigenvalue weighted by molar-refractivity contribution is -0.116. The standard InChI is InChI=1S/C15H21Cl2N3O/c16-11-9-12(17)15(13(18)10-11)19-14(21)5-4-8-20-6-2-1-3-7-20/h9-10H,1-8,18H2,(H,19,21). The minimum absolute atomic E-state index is 0.0667. The van der Waals surface area contributed by atoms with Crippen LogP contribution in [0.3, 0.4) is 0 Å². The van der Waals surface area contributed by atoms with Gasteiger partial charge in [-0.1, -0.05) is 29.6 Å². The largest absolute Gasteiger partial charge is 0.397 e. The Morgan fingerprint density at radius 2 is 1.95 bits per heavy atom. The number of amides is 1. The summed E-state index contributed by atoms with van der Waals surface area (Å²) < 4.78 is 0. The van der Waals surface area contributed by atoms with Crippen LogP contribution in [0, 0.1) is 0 Å². The molecule has 1 fully saturated rings. The Labute approximate surface area is 135 Å². The van der Waals surface area contributed by atoms with Gasteiger partial charge in [0.2, 0.25) is 5.91 Å². The summed E-state index contributed by atoms with van der Waals surface area (Å²) in [7, 11) is 0. The molecule has 1 saturated heterocycles. The Balaban J connectivity index is 1.79. The van der Waals surface area contributed by atoms with Crippen LogP contribution >= 0.6 is 23.2 Å². The van der Waals surface area contributed by atoms with Gasteiger partial charge in [0.25, 0.3) is 0 Å². The van der Waals surface area contributed by atoms with Crippen molar-refractivity contribution in [1.82, 2.24) is 4.90 Å².